The van der Waals surface area contributed by atoms with E-state index in [2.05, 4.69) is 41.8 Å². The molecule has 1 heterocycles. The predicted molar refractivity (Wildman–Crippen MR) is 76.4 cm³/mol. The lowest BCUT2D eigenvalue weighted by Crippen LogP contribution is -2.32. The highest BCUT2D eigenvalue weighted by atomic mass is 15.1. The minimum atomic E-state index is 0.771. The van der Waals surface area contributed by atoms with Crippen LogP contribution < -0.4 is 0 Å². The molecule has 1 fully saturated rings. The van der Waals surface area contributed by atoms with Gasteiger partial charge >= 0.3 is 0 Å². The molecule has 1 saturated heterocycles. The van der Waals surface area contributed by atoms with Crippen LogP contribution in [0.15, 0.2) is 43.0 Å². The standard InChI is InChI=1S/C14H19N.C2H6/c1-2-10-15-11-8-14(9-12-15)13-6-4-3-5-7-13;1-2/h2-7,14H,1,8-12H2;1-2H3. The molecular weight excluding hydrogens is 206 g/mol. The molecular formula is C16H25N. The maximum absolute atomic E-state index is 3.79. The molecule has 0 atom stereocenters. The molecule has 94 valence electrons. The van der Waals surface area contributed by atoms with Crippen LogP contribution in [-0.4, -0.2) is 24.5 Å². The van der Waals surface area contributed by atoms with Crippen molar-refractivity contribution in [1.82, 2.24) is 4.90 Å². The zero-order valence-electron chi connectivity index (χ0n) is 11.2. The molecule has 1 aromatic carbocycles. The van der Waals surface area contributed by atoms with Gasteiger partial charge in [0.15, 0.2) is 0 Å². The third-order valence-electron chi connectivity index (χ3n) is 3.25. The maximum Gasteiger partial charge on any atom is 0.0160 e. The lowest BCUT2D eigenvalue weighted by atomic mass is 9.89. The molecule has 0 saturated carbocycles. The molecule has 0 radical (unpaired) electrons. The summed E-state index contributed by atoms with van der Waals surface area (Å²) in [6.07, 6.45) is 4.58. The van der Waals surface area contributed by atoms with Crippen LogP contribution in [0.1, 0.15) is 38.2 Å². The Bertz CT molecular complexity index is 297. The van der Waals surface area contributed by atoms with Gasteiger partial charge in [0.05, 0.1) is 0 Å². The van der Waals surface area contributed by atoms with Crippen molar-refractivity contribution in [1.29, 1.82) is 0 Å². The molecule has 0 bridgehead atoms. The number of nitrogens with zero attached hydrogens (tertiary/aromatic N) is 1. The summed E-state index contributed by atoms with van der Waals surface area (Å²) in [6, 6.07) is 10.9. The van der Waals surface area contributed by atoms with E-state index < -0.39 is 0 Å². The summed E-state index contributed by atoms with van der Waals surface area (Å²) in [5.41, 5.74) is 1.51. The van der Waals surface area contributed by atoms with Gasteiger partial charge in [-0.05, 0) is 37.4 Å². The highest BCUT2D eigenvalue weighted by molar-refractivity contribution is 5.20. The van der Waals surface area contributed by atoms with Crippen LogP contribution >= 0.6 is 0 Å². The molecule has 17 heavy (non-hydrogen) atoms. The normalized spacial score (nSPS) is 17.1. The Morgan fingerprint density at radius 2 is 1.76 bits per heavy atom. The van der Waals surface area contributed by atoms with Crippen LogP contribution in [0, 0.1) is 0 Å². The van der Waals surface area contributed by atoms with E-state index in [1.165, 1.54) is 31.5 Å². The lowest BCUT2D eigenvalue weighted by molar-refractivity contribution is 0.232. The molecule has 0 amide bonds. The van der Waals surface area contributed by atoms with Gasteiger partial charge < -0.3 is 0 Å². The van der Waals surface area contributed by atoms with Gasteiger partial charge in [0.25, 0.3) is 0 Å². The first-order valence-electron chi connectivity index (χ1n) is 6.78. The summed E-state index contributed by atoms with van der Waals surface area (Å²) in [4.78, 5) is 2.48. The molecule has 0 spiro atoms. The van der Waals surface area contributed by atoms with Gasteiger partial charge in [-0.15, -0.1) is 6.58 Å². The highest BCUT2D eigenvalue weighted by Gasteiger charge is 2.19. The molecule has 0 aliphatic carbocycles. The van der Waals surface area contributed by atoms with Crippen LogP contribution in [0.5, 0.6) is 0 Å². The van der Waals surface area contributed by atoms with E-state index in [1.807, 2.05) is 19.9 Å². The first-order valence-corrected chi connectivity index (χ1v) is 6.78. The number of hydrogen-bond donors (Lipinski definition) is 0. The van der Waals surface area contributed by atoms with Crippen molar-refractivity contribution in [2.75, 3.05) is 19.6 Å². The van der Waals surface area contributed by atoms with Gasteiger partial charge in [0.1, 0.15) is 0 Å². The van der Waals surface area contributed by atoms with Crippen molar-refractivity contribution in [3.8, 4) is 0 Å². The van der Waals surface area contributed by atoms with E-state index in [0.29, 0.717) is 0 Å². The number of hydrogen-bond acceptors (Lipinski definition) is 1. The van der Waals surface area contributed by atoms with Crippen LogP contribution in [0.2, 0.25) is 0 Å². The van der Waals surface area contributed by atoms with E-state index in [9.17, 15) is 0 Å². The van der Waals surface area contributed by atoms with Gasteiger partial charge in [0, 0.05) is 6.54 Å². The van der Waals surface area contributed by atoms with Crippen molar-refractivity contribution in [2.45, 2.75) is 32.6 Å². The predicted octanol–water partition coefficient (Wildman–Crippen LogP) is 4.08. The van der Waals surface area contributed by atoms with E-state index in [4.69, 9.17) is 0 Å². The number of piperidine rings is 1. The van der Waals surface area contributed by atoms with Crippen molar-refractivity contribution in [3.63, 3.8) is 0 Å². The third-order valence-corrected chi connectivity index (χ3v) is 3.25. The maximum atomic E-state index is 3.79. The molecule has 1 heteroatoms. The van der Waals surface area contributed by atoms with Crippen LogP contribution in [0.25, 0.3) is 0 Å². The molecule has 1 nitrogen and oxygen atoms in total. The second-order valence-corrected chi connectivity index (χ2v) is 4.27. The smallest absolute Gasteiger partial charge is 0.0160 e. The van der Waals surface area contributed by atoms with E-state index in [-0.39, 0.29) is 0 Å². The summed E-state index contributed by atoms with van der Waals surface area (Å²) in [7, 11) is 0. The summed E-state index contributed by atoms with van der Waals surface area (Å²) in [5.74, 6) is 0.771. The SMILES string of the molecule is C=CCN1CCC(c2ccccc2)CC1.CC. The monoisotopic (exact) mass is 231 g/mol. The molecule has 0 unspecified atom stereocenters. The van der Waals surface area contributed by atoms with Gasteiger partial charge in [-0.25, -0.2) is 0 Å². The van der Waals surface area contributed by atoms with Crippen molar-refractivity contribution in [2.24, 2.45) is 0 Å². The Kier molecular flexibility index (Phi) is 6.64. The van der Waals surface area contributed by atoms with E-state index in [1.54, 1.807) is 0 Å². The number of likely N-dealkylation sites (tertiary alicyclic amines) is 1. The highest BCUT2D eigenvalue weighted by Crippen LogP contribution is 2.27. The summed E-state index contributed by atoms with van der Waals surface area (Å²) in [6.45, 7) is 11.3. The van der Waals surface area contributed by atoms with E-state index >= 15 is 0 Å². The summed E-state index contributed by atoms with van der Waals surface area (Å²) in [5, 5.41) is 0. The summed E-state index contributed by atoms with van der Waals surface area (Å²) < 4.78 is 0. The van der Waals surface area contributed by atoms with Crippen molar-refractivity contribution >= 4 is 0 Å². The summed E-state index contributed by atoms with van der Waals surface area (Å²) >= 11 is 0. The van der Waals surface area contributed by atoms with Crippen LogP contribution in [0.4, 0.5) is 0 Å². The van der Waals surface area contributed by atoms with Gasteiger partial charge in [0.2, 0.25) is 0 Å². The molecule has 0 aromatic heterocycles. The molecule has 2 rings (SSSR count). The Morgan fingerprint density at radius 3 is 2.29 bits per heavy atom. The van der Waals surface area contributed by atoms with E-state index in [0.717, 1.165) is 12.5 Å². The van der Waals surface area contributed by atoms with Crippen LogP contribution in [0.3, 0.4) is 0 Å². The van der Waals surface area contributed by atoms with Crippen LogP contribution in [-0.2, 0) is 0 Å². The fourth-order valence-electron chi connectivity index (χ4n) is 2.36. The average Bonchev–Trinajstić information content (AvgIpc) is 2.43. The molecule has 0 N–H and O–H groups in total. The van der Waals surface area contributed by atoms with Gasteiger partial charge in [-0.2, -0.15) is 0 Å². The fraction of sp³-hybridized carbons (Fsp3) is 0.500. The van der Waals surface area contributed by atoms with Gasteiger partial charge in [-0.3, -0.25) is 4.90 Å². The van der Waals surface area contributed by atoms with Gasteiger partial charge in [-0.1, -0.05) is 50.3 Å². The minimum absolute atomic E-state index is 0.771. The molecule has 1 aromatic rings. The topological polar surface area (TPSA) is 3.24 Å². The Balaban J connectivity index is 0.000000686. The second-order valence-electron chi connectivity index (χ2n) is 4.27. The Morgan fingerprint density at radius 1 is 1.18 bits per heavy atom. The molecule has 1 aliphatic rings. The number of rotatable bonds is 3. The minimum Gasteiger partial charge on any atom is -0.300 e. The lowest BCUT2D eigenvalue weighted by Gasteiger charge is -2.31. The van der Waals surface area contributed by atoms with Crippen molar-refractivity contribution < 1.29 is 0 Å². The fourth-order valence-corrected chi connectivity index (χ4v) is 2.36. The van der Waals surface area contributed by atoms with Crippen molar-refractivity contribution in [3.05, 3.63) is 48.6 Å². The second kappa shape index (κ2) is 8.08. The third kappa shape index (κ3) is 4.35. The Labute approximate surface area is 106 Å². The largest absolute Gasteiger partial charge is 0.300 e. The number of benzene rings is 1. The zero-order chi connectivity index (χ0) is 12.5. The average molecular weight is 231 g/mol. The molecule has 1 aliphatic heterocycles. The Hall–Kier alpha value is -1.08. The quantitative estimate of drug-likeness (QED) is 0.709. The first kappa shape index (κ1) is 14.0. The first-order chi connectivity index (χ1) is 8.40. The zero-order valence-corrected chi connectivity index (χ0v) is 11.2.